The van der Waals surface area contributed by atoms with Crippen molar-refractivity contribution in [3.05, 3.63) is 28.5 Å². The molecule has 7 heteroatoms. The van der Waals surface area contributed by atoms with Gasteiger partial charge in [0.05, 0.1) is 5.52 Å². The molecule has 0 aliphatic carbocycles. The van der Waals surface area contributed by atoms with Crippen LogP contribution in [0.15, 0.2) is 22.7 Å². The predicted molar refractivity (Wildman–Crippen MR) is 56.7 cm³/mol. The SMILES string of the molecule is Nc1nc(C(F)(F)F)nc2ccc(Br)cc12. The molecule has 2 N–H and O–H groups in total. The van der Waals surface area contributed by atoms with Gasteiger partial charge in [0.25, 0.3) is 0 Å². The first kappa shape index (κ1) is 11.1. The third-order valence-corrected chi connectivity index (χ3v) is 2.43. The number of hydrogen-bond donors (Lipinski definition) is 1. The van der Waals surface area contributed by atoms with E-state index in [1.165, 1.54) is 6.07 Å². The van der Waals surface area contributed by atoms with Gasteiger partial charge in [0.2, 0.25) is 5.82 Å². The summed E-state index contributed by atoms with van der Waals surface area (Å²) in [5.74, 6) is -1.40. The van der Waals surface area contributed by atoms with Gasteiger partial charge in [-0.3, -0.25) is 0 Å². The average molecular weight is 292 g/mol. The van der Waals surface area contributed by atoms with Gasteiger partial charge in [0.15, 0.2) is 0 Å². The van der Waals surface area contributed by atoms with Crippen LogP contribution >= 0.6 is 15.9 Å². The first-order valence-electron chi connectivity index (χ1n) is 4.18. The van der Waals surface area contributed by atoms with Crippen LogP contribution in [0.2, 0.25) is 0 Å². The Hall–Kier alpha value is -1.37. The van der Waals surface area contributed by atoms with Crippen LogP contribution in [0, 0.1) is 0 Å². The van der Waals surface area contributed by atoms with Gasteiger partial charge >= 0.3 is 6.18 Å². The molecule has 3 nitrogen and oxygen atoms in total. The number of nitrogens with zero attached hydrogens (tertiary/aromatic N) is 2. The van der Waals surface area contributed by atoms with Crippen molar-refractivity contribution in [2.45, 2.75) is 6.18 Å². The molecule has 0 bridgehead atoms. The van der Waals surface area contributed by atoms with Gasteiger partial charge in [-0.05, 0) is 18.2 Å². The van der Waals surface area contributed by atoms with Crippen molar-refractivity contribution in [3.63, 3.8) is 0 Å². The van der Waals surface area contributed by atoms with Crippen LogP contribution in [0.25, 0.3) is 10.9 Å². The molecule has 0 unspecified atom stereocenters. The van der Waals surface area contributed by atoms with Crippen LogP contribution in [0.4, 0.5) is 19.0 Å². The fourth-order valence-electron chi connectivity index (χ4n) is 1.25. The Balaban J connectivity index is 2.74. The molecule has 0 aliphatic heterocycles. The van der Waals surface area contributed by atoms with Crippen molar-refractivity contribution >= 4 is 32.7 Å². The summed E-state index contributed by atoms with van der Waals surface area (Å²) in [4.78, 5) is 6.65. The van der Waals surface area contributed by atoms with Crippen molar-refractivity contribution in [2.75, 3.05) is 5.73 Å². The van der Waals surface area contributed by atoms with Crippen LogP contribution in [0.5, 0.6) is 0 Å². The highest BCUT2D eigenvalue weighted by Gasteiger charge is 2.35. The molecule has 2 aromatic rings. The molecule has 0 saturated heterocycles. The highest BCUT2D eigenvalue weighted by atomic mass is 79.9. The largest absolute Gasteiger partial charge is 0.451 e. The lowest BCUT2D eigenvalue weighted by molar-refractivity contribution is -0.144. The fourth-order valence-corrected chi connectivity index (χ4v) is 1.61. The molecule has 0 aliphatic rings. The molecule has 0 fully saturated rings. The van der Waals surface area contributed by atoms with Crippen molar-refractivity contribution in [2.24, 2.45) is 0 Å². The van der Waals surface area contributed by atoms with E-state index in [-0.39, 0.29) is 11.3 Å². The number of nitrogens with two attached hydrogens (primary N) is 1. The Bertz CT molecular complexity index is 553. The number of aromatic nitrogens is 2. The van der Waals surface area contributed by atoms with Crippen LogP contribution in [-0.4, -0.2) is 9.97 Å². The second kappa shape index (κ2) is 3.58. The van der Waals surface area contributed by atoms with Crippen molar-refractivity contribution in [3.8, 4) is 0 Å². The first-order chi connectivity index (χ1) is 7.38. The summed E-state index contributed by atoms with van der Waals surface area (Å²) in [6.45, 7) is 0. The lowest BCUT2D eigenvalue weighted by atomic mass is 10.2. The summed E-state index contributed by atoms with van der Waals surface area (Å²) >= 11 is 3.19. The van der Waals surface area contributed by atoms with E-state index < -0.39 is 12.0 Å². The minimum atomic E-state index is -4.59. The Morgan fingerprint density at radius 2 is 1.88 bits per heavy atom. The lowest BCUT2D eigenvalue weighted by Gasteiger charge is -2.07. The zero-order valence-electron chi connectivity index (χ0n) is 7.72. The molecule has 1 aromatic carbocycles. The van der Waals surface area contributed by atoms with E-state index in [2.05, 4.69) is 25.9 Å². The van der Waals surface area contributed by atoms with Crippen molar-refractivity contribution in [1.29, 1.82) is 0 Å². The van der Waals surface area contributed by atoms with Gasteiger partial charge in [0, 0.05) is 9.86 Å². The fraction of sp³-hybridized carbons (Fsp3) is 0.111. The highest BCUT2D eigenvalue weighted by Crippen LogP contribution is 2.30. The van der Waals surface area contributed by atoms with E-state index in [1.54, 1.807) is 12.1 Å². The normalized spacial score (nSPS) is 12.0. The molecule has 16 heavy (non-hydrogen) atoms. The Labute approximate surface area is 96.6 Å². The quantitative estimate of drug-likeness (QED) is 0.812. The van der Waals surface area contributed by atoms with Crippen molar-refractivity contribution < 1.29 is 13.2 Å². The molecule has 1 aromatic heterocycles. The third-order valence-electron chi connectivity index (χ3n) is 1.94. The van der Waals surface area contributed by atoms with E-state index in [4.69, 9.17) is 5.73 Å². The van der Waals surface area contributed by atoms with Gasteiger partial charge in [-0.25, -0.2) is 9.97 Å². The molecule has 0 radical (unpaired) electrons. The topological polar surface area (TPSA) is 51.8 Å². The average Bonchev–Trinajstić information content (AvgIpc) is 2.17. The van der Waals surface area contributed by atoms with E-state index in [0.717, 1.165) is 0 Å². The standard InChI is InChI=1S/C9H5BrF3N3/c10-4-1-2-6-5(3-4)7(14)16-8(15-6)9(11,12)13/h1-3H,(H2,14,15,16). The number of rotatable bonds is 0. The number of hydrogen-bond acceptors (Lipinski definition) is 3. The summed E-state index contributed by atoms with van der Waals surface area (Å²) in [5, 5.41) is 0.391. The van der Waals surface area contributed by atoms with Gasteiger partial charge in [0.1, 0.15) is 5.82 Å². The van der Waals surface area contributed by atoms with Crippen LogP contribution in [0.1, 0.15) is 5.82 Å². The first-order valence-corrected chi connectivity index (χ1v) is 4.97. The summed E-state index contributed by atoms with van der Waals surface area (Å²) in [5.41, 5.74) is 5.62. The van der Waals surface area contributed by atoms with Gasteiger partial charge in [-0.2, -0.15) is 13.2 Å². The molecule has 0 spiro atoms. The zero-order valence-corrected chi connectivity index (χ0v) is 9.30. The highest BCUT2D eigenvalue weighted by molar-refractivity contribution is 9.10. The minimum Gasteiger partial charge on any atom is -0.383 e. The molecule has 1 heterocycles. The van der Waals surface area contributed by atoms with Crippen molar-refractivity contribution in [1.82, 2.24) is 9.97 Å². The number of halogens is 4. The molecule has 0 amide bonds. The number of benzene rings is 1. The number of alkyl halides is 3. The van der Waals surface area contributed by atoms with Crippen LogP contribution < -0.4 is 5.73 Å². The summed E-state index contributed by atoms with van der Waals surface area (Å²) < 4.78 is 37.9. The summed E-state index contributed by atoms with van der Waals surface area (Å²) in [6, 6.07) is 4.62. The maximum atomic E-state index is 12.4. The number of fused-ring (bicyclic) bond motifs is 1. The summed E-state index contributed by atoms with van der Waals surface area (Å²) in [7, 11) is 0. The second-order valence-electron chi connectivity index (χ2n) is 3.09. The lowest BCUT2D eigenvalue weighted by Crippen LogP contribution is -2.12. The molecule has 0 atom stereocenters. The Kier molecular flexibility index (Phi) is 2.49. The monoisotopic (exact) mass is 291 g/mol. The maximum absolute atomic E-state index is 12.4. The number of nitrogen functional groups attached to an aromatic ring is 1. The smallest absolute Gasteiger partial charge is 0.383 e. The molecule has 0 saturated carbocycles. The van der Waals surface area contributed by atoms with E-state index in [0.29, 0.717) is 9.86 Å². The van der Waals surface area contributed by atoms with Gasteiger partial charge in [-0.1, -0.05) is 15.9 Å². The van der Waals surface area contributed by atoms with E-state index >= 15 is 0 Å². The van der Waals surface area contributed by atoms with Crippen LogP contribution in [0.3, 0.4) is 0 Å². The Morgan fingerprint density at radius 1 is 1.19 bits per heavy atom. The van der Waals surface area contributed by atoms with Gasteiger partial charge < -0.3 is 5.73 Å². The Morgan fingerprint density at radius 3 is 2.50 bits per heavy atom. The predicted octanol–water partition coefficient (Wildman–Crippen LogP) is 2.99. The number of anilines is 1. The van der Waals surface area contributed by atoms with E-state index in [1.807, 2.05) is 0 Å². The van der Waals surface area contributed by atoms with Gasteiger partial charge in [-0.15, -0.1) is 0 Å². The maximum Gasteiger partial charge on any atom is 0.451 e. The van der Waals surface area contributed by atoms with Crippen LogP contribution in [-0.2, 0) is 6.18 Å². The summed E-state index contributed by atoms with van der Waals surface area (Å²) in [6.07, 6.45) is -4.59. The minimum absolute atomic E-state index is 0.169. The zero-order chi connectivity index (χ0) is 11.9. The molecule has 84 valence electrons. The molecular formula is C9H5BrF3N3. The second-order valence-corrected chi connectivity index (χ2v) is 4.01. The molecule has 2 rings (SSSR count). The van der Waals surface area contributed by atoms with E-state index in [9.17, 15) is 13.2 Å². The molecular weight excluding hydrogens is 287 g/mol. The third kappa shape index (κ3) is 1.95.